The lowest BCUT2D eigenvalue weighted by Crippen LogP contribution is -2.45. The van der Waals surface area contributed by atoms with Crippen molar-refractivity contribution in [1.82, 2.24) is 5.32 Å². The van der Waals surface area contributed by atoms with Gasteiger partial charge in [-0.05, 0) is 70.6 Å². The second kappa shape index (κ2) is 34.3. The second-order valence-electron chi connectivity index (χ2n) is 12.4. The molecule has 47 heavy (non-hydrogen) atoms. The summed E-state index contributed by atoms with van der Waals surface area (Å²) in [5.74, 6) is -0.221. The Morgan fingerprint density at radius 1 is 0.681 bits per heavy atom. The molecule has 9 heteroatoms. The van der Waals surface area contributed by atoms with Crippen molar-refractivity contribution in [2.45, 2.75) is 167 Å². The first-order valence-electron chi connectivity index (χ1n) is 18.8. The van der Waals surface area contributed by atoms with Crippen molar-refractivity contribution >= 4 is 13.7 Å². The molecule has 0 radical (unpaired) electrons. The van der Waals surface area contributed by atoms with E-state index in [1.54, 1.807) is 6.08 Å². The fraction of sp³-hybridized carbons (Fsp3) is 0.763. The van der Waals surface area contributed by atoms with Gasteiger partial charge in [0, 0.05) is 13.0 Å². The Kier molecular flexibility index (Phi) is 33.2. The molecule has 0 aliphatic heterocycles. The van der Waals surface area contributed by atoms with Crippen LogP contribution in [0.15, 0.2) is 48.6 Å². The van der Waals surface area contributed by atoms with E-state index >= 15 is 0 Å². The molecule has 0 aliphatic carbocycles. The molecular formula is C38H71N2O6P. The highest BCUT2D eigenvalue weighted by atomic mass is 31.2. The van der Waals surface area contributed by atoms with Crippen LogP contribution in [-0.2, 0) is 18.4 Å². The number of nitrogens with one attached hydrogen (secondary N) is 1. The minimum Gasteiger partial charge on any atom is -0.387 e. The van der Waals surface area contributed by atoms with Gasteiger partial charge in [-0.2, -0.15) is 0 Å². The van der Waals surface area contributed by atoms with E-state index in [1.807, 2.05) is 6.08 Å². The van der Waals surface area contributed by atoms with Gasteiger partial charge in [0.25, 0.3) is 0 Å². The predicted octanol–water partition coefficient (Wildman–Crippen LogP) is 9.77. The first kappa shape index (κ1) is 45.5. The van der Waals surface area contributed by atoms with E-state index in [2.05, 4.69) is 55.6 Å². The predicted molar refractivity (Wildman–Crippen MR) is 198 cm³/mol. The molecule has 0 fully saturated rings. The summed E-state index contributed by atoms with van der Waals surface area (Å²) >= 11 is 0. The number of aliphatic hydroxyl groups is 1. The van der Waals surface area contributed by atoms with Crippen molar-refractivity contribution in [3.8, 4) is 0 Å². The smallest absolute Gasteiger partial charge is 0.387 e. The van der Waals surface area contributed by atoms with Gasteiger partial charge in [-0.25, -0.2) is 4.57 Å². The van der Waals surface area contributed by atoms with E-state index in [-0.39, 0.29) is 25.7 Å². The Morgan fingerprint density at radius 3 is 1.66 bits per heavy atom. The maximum Gasteiger partial charge on any atom is 0.472 e. The largest absolute Gasteiger partial charge is 0.472 e. The number of carbonyl (C=O) groups is 1. The molecule has 274 valence electrons. The SMILES string of the molecule is CCCCCC/C=C\CCCCCCCC(=O)NC(COP(=O)(O)OCCN)C(O)/C=C/CC/C=C/CC/C=C/CCCCCCC. The van der Waals surface area contributed by atoms with Crippen LogP contribution in [0.1, 0.15) is 155 Å². The van der Waals surface area contributed by atoms with Crippen LogP contribution in [0.2, 0.25) is 0 Å². The zero-order valence-electron chi connectivity index (χ0n) is 30.0. The van der Waals surface area contributed by atoms with Crippen molar-refractivity contribution in [2.75, 3.05) is 19.8 Å². The molecule has 0 saturated carbocycles. The molecule has 0 saturated heterocycles. The second-order valence-corrected chi connectivity index (χ2v) is 13.9. The number of aliphatic hydroxyl groups excluding tert-OH is 1. The number of hydrogen-bond acceptors (Lipinski definition) is 6. The molecule has 0 spiro atoms. The topological polar surface area (TPSA) is 131 Å². The van der Waals surface area contributed by atoms with Gasteiger partial charge >= 0.3 is 7.82 Å². The Hall–Kier alpha value is -1.54. The Bertz CT molecular complexity index is 876. The maximum absolute atomic E-state index is 12.7. The third-order valence-corrected chi connectivity index (χ3v) is 8.84. The third-order valence-electron chi connectivity index (χ3n) is 7.85. The summed E-state index contributed by atoms with van der Waals surface area (Å²) in [6.07, 6.45) is 40.1. The maximum atomic E-state index is 12.7. The zero-order chi connectivity index (χ0) is 34.7. The number of nitrogens with two attached hydrogens (primary N) is 1. The molecule has 3 atom stereocenters. The van der Waals surface area contributed by atoms with Gasteiger partial charge in [0.15, 0.2) is 0 Å². The summed E-state index contributed by atoms with van der Waals surface area (Å²) in [5.41, 5.74) is 5.35. The highest BCUT2D eigenvalue weighted by Crippen LogP contribution is 2.43. The molecule has 0 heterocycles. The molecule has 0 aromatic carbocycles. The van der Waals surface area contributed by atoms with E-state index in [0.29, 0.717) is 6.42 Å². The molecule has 1 amide bonds. The number of rotatable bonds is 34. The van der Waals surface area contributed by atoms with Gasteiger partial charge in [-0.1, -0.05) is 127 Å². The lowest BCUT2D eigenvalue weighted by atomic mass is 10.1. The lowest BCUT2D eigenvalue weighted by molar-refractivity contribution is -0.123. The molecule has 8 nitrogen and oxygen atoms in total. The number of phosphoric ester groups is 1. The van der Waals surface area contributed by atoms with Crippen molar-refractivity contribution in [2.24, 2.45) is 5.73 Å². The van der Waals surface area contributed by atoms with Crippen LogP contribution < -0.4 is 11.1 Å². The van der Waals surface area contributed by atoms with Crippen molar-refractivity contribution in [3.05, 3.63) is 48.6 Å². The quantitative estimate of drug-likeness (QED) is 0.0302. The van der Waals surface area contributed by atoms with Crippen molar-refractivity contribution in [1.29, 1.82) is 0 Å². The number of carbonyl (C=O) groups excluding carboxylic acids is 1. The Labute approximate surface area is 288 Å². The van der Waals surface area contributed by atoms with Crippen LogP contribution in [0.4, 0.5) is 0 Å². The van der Waals surface area contributed by atoms with Crippen LogP contribution >= 0.6 is 7.82 Å². The fourth-order valence-electron chi connectivity index (χ4n) is 4.98. The molecular weight excluding hydrogens is 611 g/mol. The van der Waals surface area contributed by atoms with E-state index in [0.717, 1.165) is 64.2 Å². The van der Waals surface area contributed by atoms with Crippen molar-refractivity contribution < 1.29 is 28.4 Å². The van der Waals surface area contributed by atoms with Gasteiger partial charge in [0.1, 0.15) is 0 Å². The molecule has 0 rings (SSSR count). The number of amides is 1. The molecule has 0 aromatic rings. The van der Waals surface area contributed by atoms with Gasteiger partial charge < -0.3 is 21.1 Å². The molecule has 0 aromatic heterocycles. The third kappa shape index (κ3) is 32.8. The lowest BCUT2D eigenvalue weighted by Gasteiger charge is -2.23. The average molecular weight is 683 g/mol. The van der Waals surface area contributed by atoms with Gasteiger partial charge in [0.2, 0.25) is 5.91 Å². The summed E-state index contributed by atoms with van der Waals surface area (Å²) in [5, 5.41) is 13.6. The summed E-state index contributed by atoms with van der Waals surface area (Å²) in [6, 6.07) is -0.886. The van der Waals surface area contributed by atoms with E-state index in [4.69, 9.17) is 14.8 Å². The van der Waals surface area contributed by atoms with Crippen LogP contribution in [0, 0.1) is 0 Å². The van der Waals surface area contributed by atoms with Gasteiger partial charge in [-0.15, -0.1) is 0 Å². The molecule has 0 aliphatic rings. The molecule has 3 unspecified atom stereocenters. The Balaban J connectivity index is 4.44. The van der Waals surface area contributed by atoms with Crippen LogP contribution in [0.3, 0.4) is 0 Å². The van der Waals surface area contributed by atoms with Gasteiger partial charge in [-0.3, -0.25) is 13.8 Å². The number of hydrogen-bond donors (Lipinski definition) is 4. The first-order chi connectivity index (χ1) is 22.9. The first-order valence-corrected chi connectivity index (χ1v) is 20.3. The van der Waals surface area contributed by atoms with Crippen molar-refractivity contribution in [3.63, 3.8) is 0 Å². The minimum absolute atomic E-state index is 0.0691. The molecule has 0 bridgehead atoms. The number of unbranched alkanes of at least 4 members (excludes halogenated alkanes) is 16. The number of phosphoric acid groups is 1. The standard InChI is InChI=1S/C38H71N2O6P/c1-3-5-7-9-11-13-15-17-18-20-21-23-25-27-29-31-37(41)36(35-46-47(43,44)45-34-33-39)40-38(42)32-30-28-26-24-22-19-16-14-12-10-8-6-4-2/h14-17,21,23,29,31,36-37,41H,3-13,18-20,22,24-28,30,32-35,39H2,1-2H3,(H,40,42)(H,43,44)/b16-14-,17-15+,23-21+,31-29+. The summed E-state index contributed by atoms with van der Waals surface area (Å²) in [4.78, 5) is 22.6. The van der Waals surface area contributed by atoms with Crippen LogP contribution in [0.25, 0.3) is 0 Å². The van der Waals surface area contributed by atoms with Crippen LogP contribution in [0.5, 0.6) is 0 Å². The van der Waals surface area contributed by atoms with Crippen LogP contribution in [-0.4, -0.2) is 47.8 Å². The monoisotopic (exact) mass is 683 g/mol. The molecule has 5 N–H and O–H groups in total. The number of allylic oxidation sites excluding steroid dienone is 7. The normalized spacial score (nSPS) is 14.9. The van der Waals surface area contributed by atoms with E-state index in [9.17, 15) is 19.4 Å². The summed E-state index contributed by atoms with van der Waals surface area (Å²) in [7, 11) is -4.35. The van der Waals surface area contributed by atoms with E-state index in [1.165, 1.54) is 70.6 Å². The zero-order valence-corrected chi connectivity index (χ0v) is 30.9. The average Bonchev–Trinajstić information content (AvgIpc) is 3.05. The summed E-state index contributed by atoms with van der Waals surface area (Å²) < 4.78 is 22.0. The Morgan fingerprint density at radius 2 is 1.13 bits per heavy atom. The van der Waals surface area contributed by atoms with Gasteiger partial charge in [0.05, 0.1) is 25.4 Å². The highest BCUT2D eigenvalue weighted by molar-refractivity contribution is 7.47. The fourth-order valence-corrected chi connectivity index (χ4v) is 5.74. The minimum atomic E-state index is -4.35. The summed E-state index contributed by atoms with van der Waals surface area (Å²) in [6.45, 7) is 4.04. The van der Waals surface area contributed by atoms with E-state index < -0.39 is 20.0 Å². The highest BCUT2D eigenvalue weighted by Gasteiger charge is 2.26.